The van der Waals surface area contributed by atoms with Crippen molar-refractivity contribution in [2.24, 2.45) is 5.92 Å². The fourth-order valence-corrected chi connectivity index (χ4v) is 2.09. The van der Waals surface area contributed by atoms with Gasteiger partial charge in [-0.05, 0) is 32.0 Å². The molecule has 1 rings (SSSR count). The number of hydrogen-bond donors (Lipinski definition) is 1. The molecule has 94 valence electrons. The Balaban J connectivity index is 2.02. The van der Waals surface area contributed by atoms with Crippen LogP contribution in [-0.4, -0.2) is 62.5 Å². The molecule has 0 aromatic carbocycles. The van der Waals surface area contributed by atoms with Gasteiger partial charge in [-0.1, -0.05) is 6.92 Å². The highest BCUT2D eigenvalue weighted by atomic mass is 16.2. The summed E-state index contributed by atoms with van der Waals surface area (Å²) < 4.78 is 0. The van der Waals surface area contributed by atoms with E-state index in [1.165, 1.54) is 19.5 Å². The zero-order chi connectivity index (χ0) is 12.0. The van der Waals surface area contributed by atoms with Gasteiger partial charge in [-0.25, -0.2) is 0 Å². The van der Waals surface area contributed by atoms with Crippen LogP contribution in [-0.2, 0) is 4.79 Å². The molecule has 4 nitrogen and oxygen atoms in total. The second-order valence-corrected chi connectivity index (χ2v) is 4.79. The summed E-state index contributed by atoms with van der Waals surface area (Å²) in [5.74, 6) is 0.975. The molecule has 0 aromatic heterocycles. The first-order chi connectivity index (χ1) is 7.63. The molecule has 1 amide bonds. The van der Waals surface area contributed by atoms with Crippen LogP contribution < -0.4 is 5.32 Å². The third kappa shape index (κ3) is 4.49. The molecule has 1 unspecified atom stereocenters. The molecule has 0 bridgehead atoms. The molecule has 0 saturated carbocycles. The zero-order valence-electron chi connectivity index (χ0n) is 10.8. The van der Waals surface area contributed by atoms with Crippen LogP contribution in [0.5, 0.6) is 0 Å². The molecule has 0 radical (unpaired) electrons. The third-order valence-corrected chi connectivity index (χ3v) is 3.26. The van der Waals surface area contributed by atoms with Crippen molar-refractivity contribution in [3.63, 3.8) is 0 Å². The molecule has 1 heterocycles. The fourth-order valence-electron chi connectivity index (χ4n) is 2.09. The number of carbonyl (C=O) groups is 1. The second-order valence-electron chi connectivity index (χ2n) is 4.79. The van der Waals surface area contributed by atoms with Crippen molar-refractivity contribution in [1.29, 1.82) is 0 Å². The van der Waals surface area contributed by atoms with Gasteiger partial charge in [0.05, 0.1) is 0 Å². The van der Waals surface area contributed by atoms with Crippen LogP contribution in [0, 0.1) is 5.92 Å². The molecule has 1 aliphatic heterocycles. The average molecular weight is 227 g/mol. The van der Waals surface area contributed by atoms with Crippen LogP contribution in [0.1, 0.15) is 19.8 Å². The number of nitrogens with zero attached hydrogens (tertiary/aromatic N) is 2. The summed E-state index contributed by atoms with van der Waals surface area (Å²) in [6, 6.07) is 0. The summed E-state index contributed by atoms with van der Waals surface area (Å²) in [7, 11) is 3.61. The maximum Gasteiger partial charge on any atom is 0.223 e. The Labute approximate surface area is 99.0 Å². The number of likely N-dealkylation sites (tertiary alicyclic amines) is 1. The molecule has 1 atom stereocenters. The molecule has 1 fully saturated rings. The highest BCUT2D eigenvalue weighted by molar-refractivity contribution is 5.75. The predicted molar refractivity (Wildman–Crippen MR) is 66.4 cm³/mol. The smallest absolute Gasteiger partial charge is 0.223 e. The zero-order valence-corrected chi connectivity index (χ0v) is 10.8. The van der Waals surface area contributed by atoms with Gasteiger partial charge in [0, 0.05) is 33.6 Å². The Hall–Kier alpha value is -0.610. The lowest BCUT2D eigenvalue weighted by Crippen LogP contribution is -2.30. The molecule has 1 saturated heterocycles. The molecular weight excluding hydrogens is 202 g/mol. The standard InChI is InChI=1S/C12H25N3O/c1-4-15-8-6-11(10-15)9-13-7-5-12(16)14(2)3/h11,13H,4-10H2,1-3H3. The van der Waals surface area contributed by atoms with Gasteiger partial charge in [0.1, 0.15) is 0 Å². The van der Waals surface area contributed by atoms with E-state index in [1.54, 1.807) is 19.0 Å². The number of rotatable bonds is 6. The van der Waals surface area contributed by atoms with Gasteiger partial charge in [0.2, 0.25) is 5.91 Å². The first-order valence-corrected chi connectivity index (χ1v) is 6.26. The third-order valence-electron chi connectivity index (χ3n) is 3.26. The van der Waals surface area contributed by atoms with Crippen LogP contribution in [0.3, 0.4) is 0 Å². The monoisotopic (exact) mass is 227 g/mol. The van der Waals surface area contributed by atoms with Gasteiger partial charge in [0.25, 0.3) is 0 Å². The van der Waals surface area contributed by atoms with Gasteiger partial charge in [-0.2, -0.15) is 0 Å². The topological polar surface area (TPSA) is 35.6 Å². The van der Waals surface area contributed by atoms with E-state index in [1.807, 2.05) is 0 Å². The summed E-state index contributed by atoms with van der Waals surface area (Å²) in [5.41, 5.74) is 0. The van der Waals surface area contributed by atoms with E-state index in [0.29, 0.717) is 6.42 Å². The highest BCUT2D eigenvalue weighted by Gasteiger charge is 2.20. The maximum atomic E-state index is 11.3. The Kier molecular flexibility index (Phi) is 5.77. The predicted octanol–water partition coefficient (Wildman–Crippen LogP) is 0.396. The first kappa shape index (κ1) is 13.5. The van der Waals surface area contributed by atoms with Crippen molar-refractivity contribution >= 4 is 5.91 Å². The molecule has 0 aromatic rings. The van der Waals surface area contributed by atoms with Gasteiger partial charge < -0.3 is 15.1 Å². The van der Waals surface area contributed by atoms with Crippen molar-refractivity contribution in [3.8, 4) is 0 Å². The molecule has 4 heteroatoms. The van der Waals surface area contributed by atoms with Crippen molar-refractivity contribution in [2.75, 3.05) is 46.8 Å². The second kappa shape index (κ2) is 6.86. The summed E-state index contributed by atoms with van der Waals surface area (Å²) in [6.45, 7) is 7.68. The van der Waals surface area contributed by atoms with Crippen molar-refractivity contribution in [1.82, 2.24) is 15.1 Å². The van der Waals surface area contributed by atoms with Crippen molar-refractivity contribution < 1.29 is 4.79 Å². The summed E-state index contributed by atoms with van der Waals surface area (Å²) in [6.07, 6.45) is 1.90. The number of amides is 1. The van der Waals surface area contributed by atoms with E-state index >= 15 is 0 Å². The quantitative estimate of drug-likeness (QED) is 0.667. The van der Waals surface area contributed by atoms with Crippen molar-refractivity contribution in [2.45, 2.75) is 19.8 Å². The lowest BCUT2D eigenvalue weighted by molar-refractivity contribution is -0.128. The SMILES string of the molecule is CCN1CCC(CNCCC(=O)N(C)C)C1. The fraction of sp³-hybridized carbons (Fsp3) is 0.917. The van der Waals surface area contributed by atoms with Gasteiger partial charge in [-0.3, -0.25) is 4.79 Å². The summed E-state index contributed by atoms with van der Waals surface area (Å²) >= 11 is 0. The minimum atomic E-state index is 0.203. The van der Waals surface area contributed by atoms with Crippen LogP contribution in [0.2, 0.25) is 0 Å². The Morgan fingerprint density at radius 2 is 2.25 bits per heavy atom. The Morgan fingerprint density at radius 3 is 2.81 bits per heavy atom. The van der Waals surface area contributed by atoms with Crippen LogP contribution in [0.4, 0.5) is 0 Å². The van der Waals surface area contributed by atoms with E-state index in [2.05, 4.69) is 17.1 Å². The average Bonchev–Trinajstić information content (AvgIpc) is 2.71. The molecule has 16 heavy (non-hydrogen) atoms. The van der Waals surface area contributed by atoms with Crippen LogP contribution in [0.15, 0.2) is 0 Å². The number of nitrogens with one attached hydrogen (secondary N) is 1. The molecule has 0 aliphatic carbocycles. The minimum absolute atomic E-state index is 0.203. The molecule has 0 spiro atoms. The normalized spacial score (nSPS) is 21.3. The lowest BCUT2D eigenvalue weighted by Gasteiger charge is -2.14. The molecule has 1 aliphatic rings. The van der Waals surface area contributed by atoms with Crippen molar-refractivity contribution in [3.05, 3.63) is 0 Å². The molecular formula is C12H25N3O. The summed E-state index contributed by atoms with van der Waals surface area (Å²) in [4.78, 5) is 15.4. The summed E-state index contributed by atoms with van der Waals surface area (Å²) in [5, 5.41) is 3.38. The Morgan fingerprint density at radius 1 is 1.50 bits per heavy atom. The maximum absolute atomic E-state index is 11.3. The minimum Gasteiger partial charge on any atom is -0.349 e. The van der Waals surface area contributed by atoms with E-state index in [4.69, 9.17) is 0 Å². The van der Waals surface area contributed by atoms with Crippen LogP contribution >= 0.6 is 0 Å². The van der Waals surface area contributed by atoms with Gasteiger partial charge >= 0.3 is 0 Å². The van der Waals surface area contributed by atoms with Gasteiger partial charge in [0.15, 0.2) is 0 Å². The lowest BCUT2D eigenvalue weighted by atomic mass is 10.1. The Bertz CT molecular complexity index is 218. The molecule has 1 N–H and O–H groups in total. The highest BCUT2D eigenvalue weighted by Crippen LogP contribution is 2.14. The first-order valence-electron chi connectivity index (χ1n) is 6.26. The van der Waals surface area contributed by atoms with E-state index in [9.17, 15) is 4.79 Å². The van der Waals surface area contributed by atoms with Gasteiger partial charge in [-0.15, -0.1) is 0 Å². The largest absolute Gasteiger partial charge is 0.349 e. The van der Waals surface area contributed by atoms with Crippen LogP contribution in [0.25, 0.3) is 0 Å². The van der Waals surface area contributed by atoms with E-state index in [0.717, 1.165) is 25.6 Å². The number of carbonyl (C=O) groups excluding carboxylic acids is 1. The number of hydrogen-bond acceptors (Lipinski definition) is 3. The van der Waals surface area contributed by atoms with E-state index < -0.39 is 0 Å². The van der Waals surface area contributed by atoms with E-state index in [-0.39, 0.29) is 5.91 Å².